The van der Waals surface area contributed by atoms with Crippen molar-refractivity contribution in [3.8, 4) is 5.88 Å². The molecule has 2 rings (SSSR count). The fraction of sp³-hybridized carbons (Fsp3) is 0.474. The van der Waals surface area contributed by atoms with E-state index in [1.54, 1.807) is 31.7 Å². The van der Waals surface area contributed by atoms with Gasteiger partial charge in [0.1, 0.15) is 6.61 Å². The van der Waals surface area contributed by atoms with Crippen molar-refractivity contribution in [2.75, 3.05) is 33.9 Å². The molecule has 2 aromatic heterocycles. The summed E-state index contributed by atoms with van der Waals surface area (Å²) in [6.07, 6.45) is 1.72. The first kappa shape index (κ1) is 23.6. The Labute approximate surface area is 182 Å². The molecule has 6 nitrogen and oxygen atoms in total. The zero-order valence-electron chi connectivity index (χ0n) is 16.3. The number of thiophene rings is 1. The van der Waals surface area contributed by atoms with E-state index in [4.69, 9.17) is 9.47 Å². The van der Waals surface area contributed by atoms with Crippen molar-refractivity contribution in [1.29, 1.82) is 0 Å². The summed E-state index contributed by atoms with van der Waals surface area (Å²) in [5.74, 6) is 1.37. The Morgan fingerprint density at radius 1 is 1.22 bits per heavy atom. The highest BCUT2D eigenvalue weighted by Crippen LogP contribution is 2.26. The van der Waals surface area contributed by atoms with Crippen molar-refractivity contribution in [3.63, 3.8) is 0 Å². The van der Waals surface area contributed by atoms with Gasteiger partial charge < -0.3 is 20.1 Å². The molecule has 0 spiro atoms. The number of aliphatic imine (C=N–C) groups is 1. The number of rotatable bonds is 9. The molecule has 150 valence electrons. The summed E-state index contributed by atoms with van der Waals surface area (Å²) >= 11 is 1.78. The van der Waals surface area contributed by atoms with Gasteiger partial charge in [-0.1, -0.05) is 26.0 Å². The van der Waals surface area contributed by atoms with Crippen LogP contribution in [0.1, 0.15) is 24.3 Å². The number of guanidine groups is 1. The molecule has 27 heavy (non-hydrogen) atoms. The van der Waals surface area contributed by atoms with Crippen LogP contribution in [-0.2, 0) is 16.7 Å². The molecule has 2 aromatic rings. The third kappa shape index (κ3) is 7.63. The Morgan fingerprint density at radius 2 is 2.04 bits per heavy atom. The number of pyridine rings is 1. The zero-order chi connectivity index (χ0) is 18.8. The maximum Gasteiger partial charge on any atom is 0.218 e. The molecule has 0 aliphatic carbocycles. The largest absolute Gasteiger partial charge is 0.475 e. The van der Waals surface area contributed by atoms with Gasteiger partial charge in [-0.25, -0.2) is 4.98 Å². The Hall–Kier alpha value is -1.39. The first-order valence-electron chi connectivity index (χ1n) is 8.61. The summed E-state index contributed by atoms with van der Waals surface area (Å²) in [6, 6.07) is 8.14. The minimum atomic E-state index is 0. The quantitative estimate of drug-likeness (QED) is 0.237. The monoisotopic (exact) mass is 504 g/mol. The fourth-order valence-electron chi connectivity index (χ4n) is 2.37. The van der Waals surface area contributed by atoms with Crippen LogP contribution in [0.3, 0.4) is 0 Å². The van der Waals surface area contributed by atoms with E-state index in [1.807, 2.05) is 12.1 Å². The van der Waals surface area contributed by atoms with Crippen molar-refractivity contribution >= 4 is 41.3 Å². The summed E-state index contributed by atoms with van der Waals surface area (Å²) in [4.78, 5) is 9.95. The van der Waals surface area contributed by atoms with Gasteiger partial charge in [0.15, 0.2) is 5.96 Å². The van der Waals surface area contributed by atoms with Gasteiger partial charge in [-0.15, -0.1) is 35.3 Å². The lowest BCUT2D eigenvalue weighted by Crippen LogP contribution is -2.43. The number of aromatic nitrogens is 1. The van der Waals surface area contributed by atoms with E-state index >= 15 is 0 Å². The first-order chi connectivity index (χ1) is 12.6. The van der Waals surface area contributed by atoms with E-state index < -0.39 is 0 Å². The second-order valence-corrected chi connectivity index (χ2v) is 7.40. The molecule has 0 radical (unpaired) electrons. The van der Waals surface area contributed by atoms with Gasteiger partial charge in [-0.2, -0.15) is 0 Å². The first-order valence-corrected chi connectivity index (χ1v) is 9.49. The predicted octanol–water partition coefficient (Wildman–Crippen LogP) is 3.43. The van der Waals surface area contributed by atoms with E-state index in [0.29, 0.717) is 25.6 Å². The molecule has 0 unspecified atom stereocenters. The molecule has 0 saturated heterocycles. The molecule has 2 heterocycles. The average Bonchev–Trinajstić information content (AvgIpc) is 3.19. The summed E-state index contributed by atoms with van der Waals surface area (Å²) in [5, 5.41) is 8.84. The maximum atomic E-state index is 5.67. The van der Waals surface area contributed by atoms with Crippen LogP contribution in [0, 0.1) is 0 Å². The van der Waals surface area contributed by atoms with Crippen molar-refractivity contribution < 1.29 is 9.47 Å². The molecule has 0 atom stereocenters. The molecule has 0 aliphatic rings. The SMILES string of the molecule is CN=C(NCc1cccnc1OCCOC)NCC(C)(C)c1cccs1.I. The van der Waals surface area contributed by atoms with Crippen LogP contribution < -0.4 is 15.4 Å². The van der Waals surface area contributed by atoms with E-state index in [2.05, 4.69) is 52.0 Å². The van der Waals surface area contributed by atoms with Gasteiger partial charge in [0.05, 0.1) is 6.61 Å². The lowest BCUT2D eigenvalue weighted by molar-refractivity contribution is 0.143. The fourth-order valence-corrected chi connectivity index (χ4v) is 3.22. The van der Waals surface area contributed by atoms with Crippen LogP contribution in [0.2, 0.25) is 0 Å². The average molecular weight is 504 g/mol. The Morgan fingerprint density at radius 3 is 2.70 bits per heavy atom. The predicted molar refractivity (Wildman–Crippen MR) is 123 cm³/mol. The lowest BCUT2D eigenvalue weighted by Gasteiger charge is -2.25. The van der Waals surface area contributed by atoms with E-state index in [1.165, 1.54) is 4.88 Å². The third-order valence-electron chi connectivity index (χ3n) is 3.93. The summed E-state index contributed by atoms with van der Waals surface area (Å²) in [5.41, 5.74) is 1.01. The Bertz CT molecular complexity index is 693. The number of nitrogens with one attached hydrogen (secondary N) is 2. The molecule has 0 saturated carbocycles. The Balaban J connectivity index is 0.00000364. The van der Waals surface area contributed by atoms with Crippen LogP contribution in [0.5, 0.6) is 5.88 Å². The Kier molecular flexibility index (Phi) is 10.6. The second-order valence-electron chi connectivity index (χ2n) is 6.45. The van der Waals surface area contributed by atoms with Crippen LogP contribution in [-0.4, -0.2) is 44.9 Å². The molecule has 0 bridgehead atoms. The van der Waals surface area contributed by atoms with Crippen LogP contribution in [0.15, 0.2) is 40.8 Å². The van der Waals surface area contributed by atoms with E-state index in [0.717, 1.165) is 18.1 Å². The van der Waals surface area contributed by atoms with Gasteiger partial charge in [0, 0.05) is 49.3 Å². The molecule has 8 heteroatoms. The molecule has 2 N–H and O–H groups in total. The topological polar surface area (TPSA) is 67.8 Å². The minimum absolute atomic E-state index is 0. The zero-order valence-corrected chi connectivity index (χ0v) is 19.5. The van der Waals surface area contributed by atoms with Crippen LogP contribution in [0.4, 0.5) is 0 Å². The molecule has 0 aliphatic heterocycles. The number of ether oxygens (including phenoxy) is 2. The van der Waals surface area contributed by atoms with Gasteiger partial charge in [0.2, 0.25) is 5.88 Å². The van der Waals surface area contributed by atoms with Crippen molar-refractivity contribution in [3.05, 3.63) is 46.3 Å². The summed E-state index contributed by atoms with van der Waals surface area (Å²) < 4.78 is 10.7. The molecular weight excluding hydrogens is 475 g/mol. The smallest absolute Gasteiger partial charge is 0.218 e. The number of hydrogen-bond donors (Lipinski definition) is 2. The highest BCUT2D eigenvalue weighted by molar-refractivity contribution is 14.0. The minimum Gasteiger partial charge on any atom is -0.475 e. The van der Waals surface area contributed by atoms with Crippen LogP contribution >= 0.6 is 35.3 Å². The van der Waals surface area contributed by atoms with E-state index in [9.17, 15) is 0 Å². The lowest BCUT2D eigenvalue weighted by atomic mass is 9.91. The molecule has 0 fully saturated rings. The maximum absolute atomic E-state index is 5.67. The van der Waals surface area contributed by atoms with Gasteiger partial charge in [-0.3, -0.25) is 4.99 Å². The third-order valence-corrected chi connectivity index (χ3v) is 5.17. The number of nitrogens with zero attached hydrogens (tertiary/aromatic N) is 2. The molecule has 0 amide bonds. The summed E-state index contributed by atoms with van der Waals surface area (Å²) in [7, 11) is 3.42. The second kappa shape index (κ2) is 12.1. The molecule has 0 aromatic carbocycles. The van der Waals surface area contributed by atoms with Crippen LogP contribution in [0.25, 0.3) is 0 Å². The standard InChI is InChI=1S/C19H28N4O2S.HI/c1-19(2,16-8-6-12-26-16)14-23-18(20-3)22-13-15-7-5-9-21-17(15)25-11-10-24-4;/h5-9,12H,10-11,13-14H2,1-4H3,(H2,20,22,23);1H. The summed E-state index contributed by atoms with van der Waals surface area (Å²) in [6.45, 7) is 6.82. The highest BCUT2D eigenvalue weighted by atomic mass is 127. The van der Waals surface area contributed by atoms with E-state index in [-0.39, 0.29) is 29.4 Å². The normalized spacial score (nSPS) is 11.6. The number of hydrogen-bond acceptors (Lipinski definition) is 5. The van der Waals surface area contributed by atoms with Crippen molar-refractivity contribution in [2.45, 2.75) is 25.8 Å². The number of halogens is 1. The van der Waals surface area contributed by atoms with Gasteiger partial charge >= 0.3 is 0 Å². The number of methoxy groups -OCH3 is 1. The van der Waals surface area contributed by atoms with Gasteiger partial charge in [-0.05, 0) is 17.5 Å². The van der Waals surface area contributed by atoms with Gasteiger partial charge in [0.25, 0.3) is 0 Å². The van der Waals surface area contributed by atoms with Crippen molar-refractivity contribution in [1.82, 2.24) is 15.6 Å². The van der Waals surface area contributed by atoms with Crippen molar-refractivity contribution in [2.24, 2.45) is 4.99 Å². The molecular formula is C19H29IN4O2S. The highest BCUT2D eigenvalue weighted by Gasteiger charge is 2.22.